The topological polar surface area (TPSA) is 52.2 Å². The van der Waals surface area contributed by atoms with E-state index in [4.69, 9.17) is 4.98 Å². The average Bonchev–Trinajstić information content (AvgIpc) is 3.08. The molecule has 0 saturated carbocycles. The van der Waals surface area contributed by atoms with Gasteiger partial charge in [0.15, 0.2) is 11.6 Å². The highest BCUT2D eigenvalue weighted by atomic mass is 19.2. The van der Waals surface area contributed by atoms with Crippen LogP contribution < -0.4 is 10.5 Å². The maximum atomic E-state index is 13.4. The maximum Gasteiger partial charge on any atom is 0.255 e. The predicted molar refractivity (Wildman–Crippen MR) is 95.3 cm³/mol. The minimum absolute atomic E-state index is 0.0495. The number of fused-ring (bicyclic) bond motifs is 1. The van der Waals surface area contributed by atoms with E-state index in [2.05, 4.69) is 14.8 Å². The first-order valence-electron chi connectivity index (χ1n) is 9.13. The standard InChI is InChI=1S/C19H22F2N4O/c20-15-4-3-13(11-16(15)21)12-24-9-5-14-17(6-10-24)22-19(23-18(14)26)25-7-1-2-8-25/h3-4,11H,1-2,5-10,12H2,(H,22,23,26). The molecule has 3 heterocycles. The molecule has 1 aromatic heterocycles. The Labute approximate surface area is 150 Å². The first-order valence-corrected chi connectivity index (χ1v) is 9.13. The lowest BCUT2D eigenvalue weighted by atomic mass is 10.1. The van der Waals surface area contributed by atoms with Crippen molar-refractivity contribution >= 4 is 5.95 Å². The van der Waals surface area contributed by atoms with Crippen molar-refractivity contribution in [3.8, 4) is 0 Å². The van der Waals surface area contributed by atoms with Crippen LogP contribution in [0.2, 0.25) is 0 Å². The van der Waals surface area contributed by atoms with Crippen molar-refractivity contribution in [1.82, 2.24) is 14.9 Å². The minimum atomic E-state index is -0.831. The Balaban J connectivity index is 1.50. The van der Waals surface area contributed by atoms with Gasteiger partial charge in [0.2, 0.25) is 5.95 Å². The van der Waals surface area contributed by atoms with Crippen LogP contribution in [0.4, 0.5) is 14.7 Å². The minimum Gasteiger partial charge on any atom is -0.342 e. The second-order valence-corrected chi connectivity index (χ2v) is 7.03. The molecule has 0 radical (unpaired) electrons. The molecule has 2 aliphatic rings. The van der Waals surface area contributed by atoms with E-state index >= 15 is 0 Å². The summed E-state index contributed by atoms with van der Waals surface area (Å²) in [5.41, 5.74) is 2.30. The van der Waals surface area contributed by atoms with E-state index in [0.717, 1.165) is 55.4 Å². The van der Waals surface area contributed by atoms with Crippen molar-refractivity contribution in [2.75, 3.05) is 31.1 Å². The van der Waals surface area contributed by atoms with Gasteiger partial charge in [-0.25, -0.2) is 13.8 Å². The van der Waals surface area contributed by atoms with Gasteiger partial charge in [-0.2, -0.15) is 0 Å². The number of hydrogen-bond donors (Lipinski definition) is 1. The van der Waals surface area contributed by atoms with E-state index in [-0.39, 0.29) is 5.56 Å². The summed E-state index contributed by atoms with van der Waals surface area (Å²) >= 11 is 0. The number of hydrogen-bond acceptors (Lipinski definition) is 4. The van der Waals surface area contributed by atoms with Crippen LogP contribution in [-0.2, 0) is 19.4 Å². The molecule has 4 rings (SSSR count). The van der Waals surface area contributed by atoms with Crippen molar-refractivity contribution < 1.29 is 8.78 Å². The molecule has 5 nitrogen and oxygen atoms in total. The summed E-state index contributed by atoms with van der Waals surface area (Å²) < 4.78 is 26.5. The number of benzene rings is 1. The van der Waals surface area contributed by atoms with Crippen LogP contribution in [0.3, 0.4) is 0 Å². The number of H-pyrrole nitrogens is 1. The molecule has 0 spiro atoms. The summed E-state index contributed by atoms with van der Waals surface area (Å²) in [5, 5.41) is 0. The van der Waals surface area contributed by atoms with Gasteiger partial charge >= 0.3 is 0 Å². The van der Waals surface area contributed by atoms with Crippen LogP contribution >= 0.6 is 0 Å². The quantitative estimate of drug-likeness (QED) is 0.912. The molecule has 26 heavy (non-hydrogen) atoms. The molecule has 0 atom stereocenters. The highest BCUT2D eigenvalue weighted by molar-refractivity contribution is 5.35. The molecule has 1 fully saturated rings. The van der Waals surface area contributed by atoms with E-state index < -0.39 is 11.6 Å². The van der Waals surface area contributed by atoms with Crippen LogP contribution in [0.1, 0.15) is 29.7 Å². The zero-order chi connectivity index (χ0) is 18.1. The average molecular weight is 360 g/mol. The van der Waals surface area contributed by atoms with Crippen LogP contribution in [0.5, 0.6) is 0 Å². The summed E-state index contributed by atoms with van der Waals surface area (Å²) in [7, 11) is 0. The van der Waals surface area contributed by atoms with Gasteiger partial charge in [0.25, 0.3) is 5.56 Å². The van der Waals surface area contributed by atoms with Crippen molar-refractivity contribution in [2.24, 2.45) is 0 Å². The number of aromatic amines is 1. The first kappa shape index (κ1) is 17.1. The van der Waals surface area contributed by atoms with Crippen LogP contribution in [0.15, 0.2) is 23.0 Å². The first-order chi connectivity index (χ1) is 12.6. The Bertz CT molecular complexity index is 861. The smallest absolute Gasteiger partial charge is 0.255 e. The molecule has 7 heteroatoms. The number of anilines is 1. The Hall–Kier alpha value is -2.28. The fourth-order valence-electron chi connectivity index (χ4n) is 3.77. The lowest BCUT2D eigenvalue weighted by Gasteiger charge is -2.19. The molecule has 1 N–H and O–H groups in total. The van der Waals surface area contributed by atoms with Gasteiger partial charge in [0.1, 0.15) is 0 Å². The Morgan fingerprint density at radius 1 is 1.04 bits per heavy atom. The Morgan fingerprint density at radius 2 is 1.81 bits per heavy atom. The van der Waals surface area contributed by atoms with Gasteiger partial charge in [-0.3, -0.25) is 14.7 Å². The Morgan fingerprint density at radius 3 is 2.58 bits per heavy atom. The largest absolute Gasteiger partial charge is 0.342 e. The predicted octanol–water partition coefficient (Wildman–Crippen LogP) is 2.25. The van der Waals surface area contributed by atoms with E-state index in [1.54, 1.807) is 6.07 Å². The van der Waals surface area contributed by atoms with Crippen molar-refractivity contribution in [3.63, 3.8) is 0 Å². The maximum absolute atomic E-state index is 13.4. The van der Waals surface area contributed by atoms with Gasteiger partial charge in [0.05, 0.1) is 5.69 Å². The molecular formula is C19H22F2N4O. The second-order valence-electron chi connectivity index (χ2n) is 7.03. The number of nitrogens with one attached hydrogen (secondary N) is 1. The third-order valence-corrected chi connectivity index (χ3v) is 5.23. The molecule has 0 amide bonds. The zero-order valence-corrected chi connectivity index (χ0v) is 14.6. The van der Waals surface area contributed by atoms with Crippen LogP contribution in [0.25, 0.3) is 0 Å². The van der Waals surface area contributed by atoms with Crippen molar-refractivity contribution in [3.05, 3.63) is 57.0 Å². The second kappa shape index (κ2) is 7.15. The molecular weight excluding hydrogens is 338 g/mol. The summed E-state index contributed by atoms with van der Waals surface area (Å²) in [5.74, 6) is -0.975. The molecule has 0 aliphatic carbocycles. The molecule has 0 bridgehead atoms. The lowest BCUT2D eigenvalue weighted by molar-refractivity contribution is 0.278. The van der Waals surface area contributed by atoms with Crippen molar-refractivity contribution in [1.29, 1.82) is 0 Å². The monoisotopic (exact) mass is 360 g/mol. The SMILES string of the molecule is O=c1[nH]c(N2CCCC2)nc2c1CCN(Cc1ccc(F)c(F)c1)CC2. The molecule has 2 aromatic rings. The summed E-state index contributed by atoms with van der Waals surface area (Å²) in [4.78, 5) is 24.4. The fourth-order valence-corrected chi connectivity index (χ4v) is 3.77. The third-order valence-electron chi connectivity index (χ3n) is 5.23. The fraction of sp³-hybridized carbons (Fsp3) is 0.474. The lowest BCUT2D eigenvalue weighted by Crippen LogP contribution is -2.27. The van der Waals surface area contributed by atoms with E-state index in [1.165, 1.54) is 6.07 Å². The highest BCUT2D eigenvalue weighted by Gasteiger charge is 2.22. The normalized spacial score (nSPS) is 18.0. The van der Waals surface area contributed by atoms with Gasteiger partial charge < -0.3 is 4.90 Å². The number of rotatable bonds is 3. The molecule has 1 saturated heterocycles. The Kier molecular flexibility index (Phi) is 4.72. The summed E-state index contributed by atoms with van der Waals surface area (Å²) in [6.45, 7) is 3.83. The molecule has 1 aromatic carbocycles. The number of halogens is 2. The molecule has 138 valence electrons. The molecule has 2 aliphatic heterocycles. The van der Waals surface area contributed by atoms with Crippen LogP contribution in [0, 0.1) is 11.6 Å². The van der Waals surface area contributed by atoms with Gasteiger partial charge in [0, 0.05) is 44.7 Å². The zero-order valence-electron chi connectivity index (χ0n) is 14.6. The van der Waals surface area contributed by atoms with Crippen molar-refractivity contribution in [2.45, 2.75) is 32.2 Å². The summed E-state index contributed by atoms with van der Waals surface area (Å²) in [6.07, 6.45) is 3.55. The summed E-state index contributed by atoms with van der Waals surface area (Å²) in [6, 6.07) is 4.00. The molecule has 0 unspecified atom stereocenters. The van der Waals surface area contributed by atoms with Gasteiger partial charge in [-0.05, 0) is 37.0 Å². The highest BCUT2D eigenvalue weighted by Crippen LogP contribution is 2.19. The van der Waals surface area contributed by atoms with E-state index in [9.17, 15) is 13.6 Å². The number of aromatic nitrogens is 2. The van der Waals surface area contributed by atoms with Crippen LogP contribution in [-0.4, -0.2) is 41.0 Å². The third kappa shape index (κ3) is 3.49. The van der Waals surface area contributed by atoms with E-state index in [0.29, 0.717) is 31.9 Å². The van der Waals surface area contributed by atoms with Gasteiger partial charge in [-0.15, -0.1) is 0 Å². The number of nitrogens with zero attached hydrogens (tertiary/aromatic N) is 3. The van der Waals surface area contributed by atoms with Gasteiger partial charge in [-0.1, -0.05) is 6.07 Å². The van der Waals surface area contributed by atoms with E-state index in [1.807, 2.05) is 0 Å².